The first kappa shape index (κ1) is 25.2. The quantitative estimate of drug-likeness (QED) is 0.451. The van der Waals surface area contributed by atoms with Crippen LogP contribution in [0.5, 0.6) is 0 Å². The van der Waals surface area contributed by atoms with Crippen LogP contribution in [0.4, 0.5) is 4.79 Å². The molecular formula is C28H36N2O5. The van der Waals surface area contributed by atoms with Gasteiger partial charge in [-0.05, 0) is 47.9 Å². The number of carbonyl (C=O) groups is 2. The lowest BCUT2D eigenvalue weighted by atomic mass is 9.80. The highest BCUT2D eigenvalue weighted by molar-refractivity contribution is 5.79. The van der Waals surface area contributed by atoms with Crippen LogP contribution in [0.25, 0.3) is 11.1 Å². The molecule has 1 fully saturated rings. The molecule has 2 aromatic rings. The van der Waals surface area contributed by atoms with Gasteiger partial charge in [0.2, 0.25) is 5.91 Å². The van der Waals surface area contributed by atoms with Gasteiger partial charge in [0, 0.05) is 37.4 Å². The second-order valence-electron chi connectivity index (χ2n) is 9.76. The summed E-state index contributed by atoms with van der Waals surface area (Å²) in [6, 6.07) is 16.5. The van der Waals surface area contributed by atoms with Crippen molar-refractivity contribution in [2.75, 3.05) is 39.5 Å². The van der Waals surface area contributed by atoms with E-state index in [0.29, 0.717) is 45.5 Å². The van der Waals surface area contributed by atoms with Gasteiger partial charge >= 0.3 is 6.09 Å². The fraction of sp³-hybridized carbons (Fsp3) is 0.500. The summed E-state index contributed by atoms with van der Waals surface area (Å²) in [5.74, 6) is 0.174. The smallest absolute Gasteiger partial charge is 0.407 e. The van der Waals surface area contributed by atoms with E-state index < -0.39 is 11.5 Å². The van der Waals surface area contributed by atoms with E-state index in [2.05, 4.69) is 29.6 Å². The Balaban J connectivity index is 1.11. The molecule has 1 aliphatic heterocycles. The zero-order valence-corrected chi connectivity index (χ0v) is 20.2. The number of benzene rings is 2. The number of rotatable bonds is 10. The highest BCUT2D eigenvalue weighted by Crippen LogP contribution is 2.44. The molecule has 2 amide bonds. The summed E-state index contributed by atoms with van der Waals surface area (Å²) in [6.07, 6.45) is 3.75. The van der Waals surface area contributed by atoms with Crippen molar-refractivity contribution in [1.82, 2.24) is 10.2 Å². The van der Waals surface area contributed by atoms with Crippen molar-refractivity contribution in [2.24, 2.45) is 5.41 Å². The molecule has 0 radical (unpaired) electrons. The van der Waals surface area contributed by atoms with E-state index in [-0.39, 0.29) is 25.0 Å². The van der Waals surface area contributed by atoms with E-state index in [1.54, 1.807) is 0 Å². The van der Waals surface area contributed by atoms with E-state index in [1.165, 1.54) is 22.3 Å². The molecule has 7 nitrogen and oxygen atoms in total. The summed E-state index contributed by atoms with van der Waals surface area (Å²) < 4.78 is 5.55. The summed E-state index contributed by atoms with van der Waals surface area (Å²) >= 11 is 0. The molecule has 2 aromatic carbocycles. The van der Waals surface area contributed by atoms with Crippen LogP contribution in [0, 0.1) is 5.41 Å². The summed E-state index contributed by atoms with van der Waals surface area (Å²) in [4.78, 5) is 26.5. The minimum atomic E-state index is -0.443. The highest BCUT2D eigenvalue weighted by Gasteiger charge is 2.34. The van der Waals surface area contributed by atoms with Crippen molar-refractivity contribution in [2.45, 2.75) is 44.4 Å². The van der Waals surface area contributed by atoms with Gasteiger partial charge < -0.3 is 25.2 Å². The lowest BCUT2D eigenvalue weighted by Crippen LogP contribution is -2.46. The fourth-order valence-corrected chi connectivity index (χ4v) is 5.17. The normalized spacial score (nSPS) is 16.5. The number of hydrogen-bond donors (Lipinski definition) is 3. The molecule has 0 atom stereocenters. The molecule has 1 heterocycles. The van der Waals surface area contributed by atoms with E-state index in [4.69, 9.17) is 4.74 Å². The van der Waals surface area contributed by atoms with Crippen molar-refractivity contribution >= 4 is 12.0 Å². The second-order valence-corrected chi connectivity index (χ2v) is 9.76. The Bertz CT molecular complexity index is 964. The lowest BCUT2D eigenvalue weighted by Gasteiger charge is -2.39. The van der Waals surface area contributed by atoms with Crippen LogP contribution >= 0.6 is 0 Å². The Kier molecular flexibility index (Phi) is 8.42. The SMILES string of the molecule is O=C(NCCCCCC(=O)N1CCC(CO)(CO)CC1)OCC1c2ccccc2-c2ccccc21. The molecule has 1 aliphatic carbocycles. The Morgan fingerprint density at radius 3 is 2.11 bits per heavy atom. The number of likely N-dealkylation sites (tertiary alicyclic amines) is 1. The van der Waals surface area contributed by atoms with E-state index >= 15 is 0 Å². The first-order chi connectivity index (χ1) is 17.1. The number of hydrogen-bond acceptors (Lipinski definition) is 5. The van der Waals surface area contributed by atoms with Crippen LogP contribution in [0.2, 0.25) is 0 Å². The Hall–Kier alpha value is -2.90. The van der Waals surface area contributed by atoms with Gasteiger partial charge in [-0.3, -0.25) is 4.79 Å². The average Bonchev–Trinajstić information content (AvgIpc) is 3.23. The van der Waals surface area contributed by atoms with E-state index in [1.807, 2.05) is 29.2 Å². The molecule has 4 rings (SSSR count). The van der Waals surface area contributed by atoms with Gasteiger partial charge in [-0.2, -0.15) is 0 Å². The number of carbonyl (C=O) groups excluding carboxylic acids is 2. The molecule has 0 aromatic heterocycles. The number of unbranched alkanes of at least 4 members (excludes halogenated alkanes) is 2. The third-order valence-corrected chi connectivity index (χ3v) is 7.53. The van der Waals surface area contributed by atoms with Gasteiger partial charge in [0.1, 0.15) is 6.61 Å². The molecule has 1 saturated heterocycles. The summed E-state index contributed by atoms with van der Waals surface area (Å²) in [7, 11) is 0. The molecule has 35 heavy (non-hydrogen) atoms. The number of alkyl carbamates (subject to hydrolysis) is 1. The van der Waals surface area contributed by atoms with Crippen LogP contribution < -0.4 is 5.32 Å². The largest absolute Gasteiger partial charge is 0.449 e. The van der Waals surface area contributed by atoms with Crippen LogP contribution in [0.1, 0.15) is 55.6 Å². The molecule has 188 valence electrons. The van der Waals surface area contributed by atoms with Gasteiger partial charge in [0.15, 0.2) is 0 Å². The molecule has 0 spiro atoms. The third kappa shape index (κ3) is 5.85. The fourth-order valence-electron chi connectivity index (χ4n) is 5.17. The van der Waals surface area contributed by atoms with Crippen molar-refractivity contribution in [1.29, 1.82) is 0 Å². The Labute approximate surface area is 207 Å². The van der Waals surface area contributed by atoms with E-state index in [9.17, 15) is 19.8 Å². The first-order valence-corrected chi connectivity index (χ1v) is 12.7. The van der Waals surface area contributed by atoms with Crippen molar-refractivity contribution in [3.8, 4) is 11.1 Å². The molecule has 7 heteroatoms. The van der Waals surface area contributed by atoms with Crippen LogP contribution in [0.15, 0.2) is 48.5 Å². The number of fused-ring (bicyclic) bond motifs is 3. The van der Waals surface area contributed by atoms with Gasteiger partial charge in [0.05, 0.1) is 13.2 Å². The maximum atomic E-state index is 12.4. The number of amides is 2. The van der Waals surface area contributed by atoms with E-state index in [0.717, 1.165) is 19.3 Å². The summed E-state index contributed by atoms with van der Waals surface area (Å²) in [5, 5.41) is 21.8. The second kappa shape index (κ2) is 11.7. The lowest BCUT2D eigenvalue weighted by molar-refractivity contribution is -0.134. The van der Waals surface area contributed by atoms with Crippen LogP contribution in [-0.4, -0.2) is 66.6 Å². The maximum Gasteiger partial charge on any atom is 0.407 e. The zero-order chi connectivity index (χ0) is 24.7. The number of nitrogens with one attached hydrogen (secondary N) is 1. The Morgan fingerprint density at radius 2 is 1.51 bits per heavy atom. The first-order valence-electron chi connectivity index (χ1n) is 12.7. The number of piperidine rings is 1. The number of aliphatic hydroxyl groups is 2. The number of aliphatic hydroxyl groups excluding tert-OH is 2. The molecule has 0 saturated carbocycles. The van der Waals surface area contributed by atoms with Gasteiger partial charge in [-0.15, -0.1) is 0 Å². The standard InChI is InChI=1S/C28H36N2O5/c31-19-28(20-32)13-16-30(17-14-28)26(33)12-2-1-7-15-29-27(34)35-18-25-23-10-5-3-8-21(23)22-9-4-6-11-24(22)25/h3-6,8-11,25,31-32H,1-2,7,12-20H2,(H,29,34). The molecular weight excluding hydrogens is 444 g/mol. The van der Waals surface area contributed by atoms with Gasteiger partial charge in [0.25, 0.3) is 0 Å². The number of ether oxygens (including phenoxy) is 1. The Morgan fingerprint density at radius 1 is 0.914 bits per heavy atom. The average molecular weight is 481 g/mol. The van der Waals surface area contributed by atoms with Crippen LogP contribution in [0.3, 0.4) is 0 Å². The summed E-state index contributed by atoms with van der Waals surface area (Å²) in [5.41, 5.74) is 4.35. The zero-order valence-electron chi connectivity index (χ0n) is 20.2. The molecule has 3 N–H and O–H groups in total. The van der Waals surface area contributed by atoms with Crippen molar-refractivity contribution in [3.05, 3.63) is 59.7 Å². The minimum absolute atomic E-state index is 0.0395. The van der Waals surface area contributed by atoms with Crippen molar-refractivity contribution in [3.63, 3.8) is 0 Å². The maximum absolute atomic E-state index is 12.4. The molecule has 0 unspecified atom stereocenters. The third-order valence-electron chi connectivity index (χ3n) is 7.53. The monoisotopic (exact) mass is 480 g/mol. The predicted molar refractivity (Wildman–Crippen MR) is 134 cm³/mol. The minimum Gasteiger partial charge on any atom is -0.449 e. The molecule has 0 bridgehead atoms. The predicted octanol–water partition coefficient (Wildman–Crippen LogP) is 3.68. The van der Waals surface area contributed by atoms with Gasteiger partial charge in [-0.25, -0.2) is 4.79 Å². The van der Waals surface area contributed by atoms with Gasteiger partial charge in [-0.1, -0.05) is 55.0 Å². The summed E-state index contributed by atoms with van der Waals surface area (Å²) in [6.45, 7) is 1.92. The molecule has 2 aliphatic rings. The van der Waals surface area contributed by atoms with Crippen LogP contribution in [-0.2, 0) is 9.53 Å². The van der Waals surface area contributed by atoms with Crippen molar-refractivity contribution < 1.29 is 24.5 Å². The topological polar surface area (TPSA) is 99.1 Å². The number of nitrogens with zero attached hydrogens (tertiary/aromatic N) is 1. The highest BCUT2D eigenvalue weighted by atomic mass is 16.5.